The van der Waals surface area contributed by atoms with Gasteiger partial charge in [-0.15, -0.1) is 0 Å². The summed E-state index contributed by atoms with van der Waals surface area (Å²) in [4.78, 5) is 28.6. The van der Waals surface area contributed by atoms with E-state index >= 15 is 0 Å². The van der Waals surface area contributed by atoms with Crippen LogP contribution in [0.5, 0.6) is 5.75 Å². The molecule has 0 aliphatic heterocycles. The second-order valence-electron chi connectivity index (χ2n) is 10.2. The van der Waals surface area contributed by atoms with Gasteiger partial charge in [-0.25, -0.2) is 0 Å². The zero-order valence-corrected chi connectivity index (χ0v) is 23.8. The van der Waals surface area contributed by atoms with Crippen LogP contribution in [0.4, 0.5) is 0 Å². The van der Waals surface area contributed by atoms with Crippen LogP contribution in [-0.2, 0) is 28.0 Å². The largest absolute Gasteiger partial charge is 0.484 e. The van der Waals surface area contributed by atoms with E-state index in [1.165, 1.54) is 5.56 Å². The van der Waals surface area contributed by atoms with Gasteiger partial charge in [0.15, 0.2) is 6.61 Å². The summed E-state index contributed by atoms with van der Waals surface area (Å²) >= 11 is 3.47. The lowest BCUT2D eigenvalue weighted by Crippen LogP contribution is -2.51. The van der Waals surface area contributed by atoms with Crippen molar-refractivity contribution < 1.29 is 14.3 Å². The highest BCUT2D eigenvalue weighted by Gasteiger charge is 2.30. The van der Waals surface area contributed by atoms with Gasteiger partial charge in [-0.2, -0.15) is 0 Å². The Hall–Kier alpha value is -3.12. The van der Waals surface area contributed by atoms with Crippen molar-refractivity contribution in [2.45, 2.75) is 58.5 Å². The highest BCUT2D eigenvalue weighted by molar-refractivity contribution is 9.10. The molecule has 3 rings (SSSR count). The molecule has 0 fully saturated rings. The summed E-state index contributed by atoms with van der Waals surface area (Å²) in [5.74, 6) is 0.223. The number of benzene rings is 3. The summed E-state index contributed by atoms with van der Waals surface area (Å²) in [5, 5.41) is 3.00. The van der Waals surface area contributed by atoms with Gasteiger partial charge >= 0.3 is 0 Å². The Kier molecular flexibility index (Phi) is 10.3. The standard InChI is InChI=1S/C31H37BrN2O3/c1-5-19-33-30(36)28(20-23-9-7-6-8-10-23)34(21-24-11-15-26(32)16-12-24)29(35)22-37-27-17-13-25(14-18-27)31(2,3)4/h6-18,28H,5,19-22H2,1-4H3,(H,33,36). The van der Waals surface area contributed by atoms with E-state index in [1.807, 2.05) is 85.8 Å². The molecule has 0 aliphatic rings. The highest BCUT2D eigenvalue weighted by Crippen LogP contribution is 2.24. The van der Waals surface area contributed by atoms with Crippen molar-refractivity contribution in [1.82, 2.24) is 10.2 Å². The summed E-state index contributed by atoms with van der Waals surface area (Å²) in [7, 11) is 0. The summed E-state index contributed by atoms with van der Waals surface area (Å²) < 4.78 is 6.86. The first kappa shape index (κ1) is 28.5. The first-order valence-corrected chi connectivity index (χ1v) is 13.6. The van der Waals surface area contributed by atoms with Crippen LogP contribution >= 0.6 is 15.9 Å². The predicted molar refractivity (Wildman–Crippen MR) is 153 cm³/mol. The molecule has 0 aromatic heterocycles. The fraction of sp³-hybridized carbons (Fsp3) is 0.355. The van der Waals surface area contributed by atoms with E-state index in [4.69, 9.17) is 4.74 Å². The minimum Gasteiger partial charge on any atom is -0.484 e. The number of hydrogen-bond donors (Lipinski definition) is 1. The predicted octanol–water partition coefficient (Wildman–Crippen LogP) is 6.29. The molecule has 1 N–H and O–H groups in total. The van der Waals surface area contributed by atoms with Crippen molar-refractivity contribution in [3.63, 3.8) is 0 Å². The molecule has 6 heteroatoms. The first-order chi connectivity index (χ1) is 17.7. The lowest BCUT2D eigenvalue weighted by atomic mass is 9.87. The highest BCUT2D eigenvalue weighted by atomic mass is 79.9. The lowest BCUT2D eigenvalue weighted by Gasteiger charge is -2.31. The van der Waals surface area contributed by atoms with Crippen molar-refractivity contribution in [1.29, 1.82) is 0 Å². The normalized spacial score (nSPS) is 12.0. The van der Waals surface area contributed by atoms with Crippen LogP contribution in [0, 0.1) is 0 Å². The van der Waals surface area contributed by atoms with Crippen LogP contribution in [-0.4, -0.2) is 35.9 Å². The van der Waals surface area contributed by atoms with E-state index in [0.717, 1.165) is 22.0 Å². The molecular weight excluding hydrogens is 528 g/mol. The van der Waals surface area contributed by atoms with Crippen molar-refractivity contribution in [2.24, 2.45) is 0 Å². The smallest absolute Gasteiger partial charge is 0.261 e. The molecule has 5 nitrogen and oxygen atoms in total. The van der Waals surface area contributed by atoms with Crippen molar-refractivity contribution in [3.8, 4) is 5.75 Å². The zero-order valence-electron chi connectivity index (χ0n) is 22.2. The van der Waals surface area contributed by atoms with E-state index in [-0.39, 0.29) is 23.8 Å². The van der Waals surface area contributed by atoms with Crippen molar-refractivity contribution in [3.05, 3.63) is 100 Å². The van der Waals surface area contributed by atoms with E-state index in [0.29, 0.717) is 25.3 Å². The van der Waals surface area contributed by atoms with E-state index in [1.54, 1.807) is 4.90 Å². The summed E-state index contributed by atoms with van der Waals surface area (Å²) in [6.45, 7) is 9.18. The topological polar surface area (TPSA) is 58.6 Å². The number of carbonyl (C=O) groups excluding carboxylic acids is 2. The maximum Gasteiger partial charge on any atom is 0.261 e. The number of ether oxygens (including phenoxy) is 1. The van der Waals surface area contributed by atoms with Crippen molar-refractivity contribution >= 4 is 27.7 Å². The minimum absolute atomic E-state index is 0.0341. The molecule has 0 saturated heterocycles. The Balaban J connectivity index is 1.85. The summed E-state index contributed by atoms with van der Waals surface area (Å²) in [6.07, 6.45) is 1.23. The molecular formula is C31H37BrN2O3. The van der Waals surface area contributed by atoms with Crippen LogP contribution in [0.1, 0.15) is 50.8 Å². The third kappa shape index (κ3) is 8.74. The number of nitrogens with zero attached hydrogens (tertiary/aromatic N) is 1. The fourth-order valence-corrected chi connectivity index (χ4v) is 4.25. The maximum absolute atomic E-state index is 13.6. The Bertz CT molecular complexity index is 1140. The van der Waals surface area contributed by atoms with Gasteiger partial charge in [0.05, 0.1) is 0 Å². The summed E-state index contributed by atoms with van der Waals surface area (Å²) in [6, 6.07) is 24.8. The summed E-state index contributed by atoms with van der Waals surface area (Å²) in [5.41, 5.74) is 3.16. The number of nitrogens with one attached hydrogen (secondary N) is 1. The Morgan fingerprint density at radius 1 is 0.919 bits per heavy atom. The second-order valence-corrected chi connectivity index (χ2v) is 11.1. The molecule has 0 saturated carbocycles. The average molecular weight is 566 g/mol. The molecule has 0 spiro atoms. The Morgan fingerprint density at radius 3 is 2.16 bits per heavy atom. The fourth-order valence-electron chi connectivity index (χ4n) is 3.99. The quantitative estimate of drug-likeness (QED) is 0.297. The van der Waals surface area contributed by atoms with Crippen LogP contribution in [0.3, 0.4) is 0 Å². The van der Waals surface area contributed by atoms with Gasteiger partial charge in [0, 0.05) is 24.0 Å². The van der Waals surface area contributed by atoms with Crippen LogP contribution in [0.25, 0.3) is 0 Å². The van der Waals surface area contributed by atoms with E-state index in [2.05, 4.69) is 42.0 Å². The lowest BCUT2D eigenvalue weighted by molar-refractivity contribution is -0.142. The molecule has 0 aliphatic carbocycles. The van der Waals surface area contributed by atoms with Crippen LogP contribution in [0.15, 0.2) is 83.3 Å². The minimum atomic E-state index is -0.669. The van der Waals surface area contributed by atoms with Gasteiger partial charge in [0.1, 0.15) is 11.8 Å². The van der Waals surface area contributed by atoms with Gasteiger partial charge in [0.2, 0.25) is 5.91 Å². The van der Waals surface area contributed by atoms with Gasteiger partial charge in [-0.05, 0) is 52.8 Å². The van der Waals surface area contributed by atoms with E-state index < -0.39 is 6.04 Å². The number of rotatable bonds is 11. The SMILES string of the molecule is CCCNC(=O)C(Cc1ccccc1)N(Cc1ccc(Br)cc1)C(=O)COc1ccc(C(C)(C)C)cc1. The average Bonchev–Trinajstić information content (AvgIpc) is 2.89. The molecule has 3 aromatic carbocycles. The molecule has 196 valence electrons. The Morgan fingerprint density at radius 2 is 1.57 bits per heavy atom. The maximum atomic E-state index is 13.6. The van der Waals surface area contributed by atoms with Gasteiger partial charge < -0.3 is 15.0 Å². The number of hydrogen-bond acceptors (Lipinski definition) is 3. The second kappa shape index (κ2) is 13.4. The van der Waals surface area contributed by atoms with Crippen LogP contribution in [0.2, 0.25) is 0 Å². The molecule has 0 radical (unpaired) electrons. The first-order valence-electron chi connectivity index (χ1n) is 12.8. The molecule has 3 aromatic rings. The molecule has 37 heavy (non-hydrogen) atoms. The third-order valence-corrected chi connectivity index (χ3v) is 6.70. The monoisotopic (exact) mass is 564 g/mol. The molecule has 0 bridgehead atoms. The van der Waals surface area contributed by atoms with E-state index in [9.17, 15) is 9.59 Å². The Labute approximate surface area is 229 Å². The molecule has 1 atom stereocenters. The zero-order chi connectivity index (χ0) is 26.8. The third-order valence-electron chi connectivity index (χ3n) is 6.17. The molecule has 0 heterocycles. The molecule has 2 amide bonds. The van der Waals surface area contributed by atoms with Gasteiger partial charge in [-0.3, -0.25) is 9.59 Å². The number of amides is 2. The van der Waals surface area contributed by atoms with Gasteiger partial charge in [0.25, 0.3) is 5.91 Å². The number of carbonyl (C=O) groups is 2. The van der Waals surface area contributed by atoms with Crippen molar-refractivity contribution in [2.75, 3.05) is 13.2 Å². The van der Waals surface area contributed by atoms with Crippen LogP contribution < -0.4 is 10.1 Å². The van der Waals surface area contributed by atoms with Gasteiger partial charge in [-0.1, -0.05) is 98.2 Å². The number of halogens is 1. The molecule has 1 unspecified atom stereocenters.